The van der Waals surface area contributed by atoms with E-state index in [4.69, 9.17) is 0 Å². The van der Waals surface area contributed by atoms with Gasteiger partial charge in [-0.15, -0.1) is 23.1 Å². The molecule has 1 aromatic heterocycles. The molecule has 0 spiro atoms. The van der Waals surface area contributed by atoms with E-state index in [9.17, 15) is 13.2 Å². The summed E-state index contributed by atoms with van der Waals surface area (Å²) in [5.74, 6) is 0.856. The predicted molar refractivity (Wildman–Crippen MR) is 95.5 cm³/mol. The Balaban J connectivity index is 1.69. The van der Waals surface area contributed by atoms with E-state index in [-0.39, 0.29) is 0 Å². The van der Waals surface area contributed by atoms with E-state index >= 15 is 0 Å². The fourth-order valence-corrected chi connectivity index (χ4v) is 4.36. The van der Waals surface area contributed by atoms with Crippen LogP contribution in [0.1, 0.15) is 16.0 Å². The Kier molecular flexibility index (Phi) is 5.01. The van der Waals surface area contributed by atoms with Gasteiger partial charge in [-0.2, -0.15) is 13.2 Å². The van der Waals surface area contributed by atoms with Gasteiger partial charge in [-0.05, 0) is 48.9 Å². The highest BCUT2D eigenvalue weighted by atomic mass is 32.2. The topological polar surface area (TPSA) is 0 Å². The van der Waals surface area contributed by atoms with Crippen molar-refractivity contribution in [1.29, 1.82) is 0 Å². The summed E-state index contributed by atoms with van der Waals surface area (Å²) < 4.78 is 37.8. The lowest BCUT2D eigenvalue weighted by Crippen LogP contribution is -2.03. The van der Waals surface area contributed by atoms with Crippen LogP contribution in [0.25, 0.3) is 10.4 Å². The van der Waals surface area contributed by atoms with Crippen molar-refractivity contribution >= 4 is 23.1 Å². The van der Waals surface area contributed by atoms with Crippen LogP contribution in [0.5, 0.6) is 0 Å². The lowest BCUT2D eigenvalue weighted by atomic mass is 10.1. The zero-order valence-corrected chi connectivity index (χ0v) is 14.6. The number of aryl methyl sites for hydroxylation is 1. The van der Waals surface area contributed by atoms with Crippen LogP contribution in [-0.4, -0.2) is 0 Å². The van der Waals surface area contributed by atoms with E-state index in [2.05, 4.69) is 25.1 Å². The molecule has 0 unspecified atom stereocenters. The third kappa shape index (κ3) is 4.22. The molecule has 0 radical (unpaired) electrons. The Morgan fingerprint density at radius 2 is 1.71 bits per heavy atom. The summed E-state index contributed by atoms with van der Waals surface area (Å²) in [5.41, 5.74) is 1.44. The van der Waals surface area contributed by atoms with Crippen LogP contribution in [0.2, 0.25) is 0 Å². The largest absolute Gasteiger partial charge is 0.416 e. The van der Waals surface area contributed by atoms with Crippen LogP contribution in [-0.2, 0) is 11.9 Å². The minimum absolute atomic E-state index is 0.613. The Bertz CT molecular complexity index is 817. The lowest BCUT2D eigenvalue weighted by molar-refractivity contribution is -0.137. The maximum Gasteiger partial charge on any atom is 0.416 e. The van der Waals surface area contributed by atoms with E-state index in [1.54, 1.807) is 23.1 Å². The third-order valence-corrected chi connectivity index (χ3v) is 5.89. The average Bonchev–Trinajstić information content (AvgIpc) is 3.01. The van der Waals surface area contributed by atoms with Gasteiger partial charge in [0.05, 0.1) is 5.56 Å². The summed E-state index contributed by atoms with van der Waals surface area (Å²) in [4.78, 5) is 3.42. The number of rotatable bonds is 4. The minimum Gasteiger partial charge on any atom is -0.166 e. The second-order valence-corrected chi connectivity index (χ2v) is 7.66. The first-order valence-corrected chi connectivity index (χ1v) is 9.18. The van der Waals surface area contributed by atoms with Gasteiger partial charge in [0.25, 0.3) is 0 Å². The number of halogens is 3. The second kappa shape index (κ2) is 7.03. The zero-order chi connectivity index (χ0) is 17.2. The molecule has 0 bridgehead atoms. The van der Waals surface area contributed by atoms with Gasteiger partial charge in [0.2, 0.25) is 0 Å². The highest BCUT2D eigenvalue weighted by molar-refractivity contribution is 7.98. The smallest absolute Gasteiger partial charge is 0.166 e. The van der Waals surface area contributed by atoms with Crippen molar-refractivity contribution in [2.24, 2.45) is 0 Å². The summed E-state index contributed by atoms with van der Waals surface area (Å²) in [5, 5.41) is 0. The first-order chi connectivity index (χ1) is 11.4. The van der Waals surface area contributed by atoms with Gasteiger partial charge in [-0.1, -0.05) is 29.8 Å². The summed E-state index contributed by atoms with van der Waals surface area (Å²) in [7, 11) is 0. The van der Waals surface area contributed by atoms with Crippen molar-refractivity contribution in [2.45, 2.75) is 23.7 Å². The fraction of sp³-hybridized carbons (Fsp3) is 0.158. The van der Waals surface area contributed by atoms with Crippen molar-refractivity contribution in [3.8, 4) is 10.4 Å². The standard InChI is InChI=1S/C19H15F3S2/c1-13-3-2-4-16(11-13)23-12-17-9-10-18(24-17)14-5-7-15(8-6-14)19(20,21)22/h2-11H,12H2,1H3. The van der Waals surface area contributed by atoms with E-state index in [0.29, 0.717) is 0 Å². The van der Waals surface area contributed by atoms with Crippen LogP contribution in [0, 0.1) is 6.92 Å². The summed E-state index contributed by atoms with van der Waals surface area (Å²) in [6, 6.07) is 17.7. The van der Waals surface area contributed by atoms with Crippen molar-refractivity contribution in [1.82, 2.24) is 0 Å². The zero-order valence-electron chi connectivity index (χ0n) is 12.9. The molecule has 3 rings (SSSR count). The number of benzene rings is 2. The van der Waals surface area contributed by atoms with Crippen molar-refractivity contribution in [3.05, 3.63) is 76.7 Å². The first-order valence-electron chi connectivity index (χ1n) is 7.37. The molecule has 0 atom stereocenters. The number of alkyl halides is 3. The number of thiophene rings is 1. The Morgan fingerprint density at radius 1 is 0.958 bits per heavy atom. The van der Waals surface area contributed by atoms with Crippen LogP contribution in [0.3, 0.4) is 0 Å². The fourth-order valence-electron chi connectivity index (χ4n) is 2.29. The second-order valence-electron chi connectivity index (χ2n) is 5.45. The van der Waals surface area contributed by atoms with Crippen LogP contribution in [0.4, 0.5) is 13.2 Å². The van der Waals surface area contributed by atoms with Gasteiger partial charge in [-0.3, -0.25) is 0 Å². The molecule has 0 fully saturated rings. The molecule has 0 N–H and O–H groups in total. The first kappa shape index (κ1) is 17.1. The maximum absolute atomic E-state index is 12.6. The number of hydrogen-bond acceptors (Lipinski definition) is 2. The van der Waals surface area contributed by atoms with Gasteiger partial charge in [0.1, 0.15) is 0 Å². The molecule has 1 heterocycles. The highest BCUT2D eigenvalue weighted by Crippen LogP contribution is 2.35. The molecule has 3 aromatic rings. The molecule has 0 aliphatic rings. The molecule has 0 saturated heterocycles. The molecule has 0 nitrogen and oxygen atoms in total. The summed E-state index contributed by atoms with van der Waals surface area (Å²) in [6.45, 7) is 2.07. The molecule has 0 saturated carbocycles. The number of hydrogen-bond donors (Lipinski definition) is 0. The summed E-state index contributed by atoms with van der Waals surface area (Å²) in [6.07, 6.45) is -4.29. The van der Waals surface area contributed by atoms with E-state index in [1.807, 2.05) is 18.2 Å². The molecule has 2 aromatic carbocycles. The maximum atomic E-state index is 12.6. The SMILES string of the molecule is Cc1cccc(SCc2ccc(-c3ccc(C(F)(F)F)cc3)s2)c1. The molecule has 124 valence electrons. The molecular formula is C19H15F3S2. The summed E-state index contributed by atoms with van der Waals surface area (Å²) >= 11 is 3.38. The van der Waals surface area contributed by atoms with Gasteiger partial charge in [0.15, 0.2) is 0 Å². The van der Waals surface area contributed by atoms with Crippen LogP contribution >= 0.6 is 23.1 Å². The quantitative estimate of drug-likeness (QED) is 0.448. The van der Waals surface area contributed by atoms with Crippen molar-refractivity contribution in [2.75, 3.05) is 0 Å². The number of thioether (sulfide) groups is 1. The van der Waals surface area contributed by atoms with E-state index in [0.717, 1.165) is 28.3 Å². The van der Waals surface area contributed by atoms with E-state index < -0.39 is 11.7 Å². The lowest BCUT2D eigenvalue weighted by Gasteiger charge is -2.06. The van der Waals surface area contributed by atoms with Crippen LogP contribution < -0.4 is 0 Å². The van der Waals surface area contributed by atoms with Crippen molar-refractivity contribution in [3.63, 3.8) is 0 Å². The Labute approximate surface area is 147 Å². The van der Waals surface area contributed by atoms with Crippen LogP contribution in [0.15, 0.2) is 65.6 Å². The molecule has 0 aliphatic carbocycles. The monoisotopic (exact) mass is 364 g/mol. The normalized spacial score (nSPS) is 11.7. The molecule has 0 aliphatic heterocycles. The highest BCUT2D eigenvalue weighted by Gasteiger charge is 2.29. The van der Waals surface area contributed by atoms with E-state index in [1.165, 1.54) is 27.5 Å². The third-order valence-electron chi connectivity index (χ3n) is 3.53. The van der Waals surface area contributed by atoms with Gasteiger partial charge in [-0.25, -0.2) is 0 Å². The van der Waals surface area contributed by atoms with Gasteiger partial charge < -0.3 is 0 Å². The molecule has 0 amide bonds. The molecule has 5 heteroatoms. The van der Waals surface area contributed by atoms with Gasteiger partial charge in [0, 0.05) is 20.4 Å². The predicted octanol–water partition coefficient (Wildman–Crippen LogP) is 7.03. The Morgan fingerprint density at radius 3 is 2.38 bits per heavy atom. The molecule has 24 heavy (non-hydrogen) atoms. The van der Waals surface area contributed by atoms with Gasteiger partial charge >= 0.3 is 6.18 Å². The molecular weight excluding hydrogens is 349 g/mol. The minimum atomic E-state index is -4.29. The average molecular weight is 364 g/mol. The van der Waals surface area contributed by atoms with Crippen molar-refractivity contribution < 1.29 is 13.2 Å². The Hall–Kier alpha value is -1.72.